The van der Waals surface area contributed by atoms with Crippen LogP contribution in [-0.4, -0.2) is 47.8 Å². The zero-order chi connectivity index (χ0) is 24.1. The van der Waals surface area contributed by atoms with Crippen LogP contribution in [0.4, 0.5) is 0 Å². The number of rotatable bonds is 10. The molecule has 176 valence electrons. The lowest BCUT2D eigenvalue weighted by Gasteiger charge is -2.28. The highest BCUT2D eigenvalue weighted by Gasteiger charge is 2.36. The van der Waals surface area contributed by atoms with Crippen LogP contribution in [0, 0.1) is 0 Å². The van der Waals surface area contributed by atoms with E-state index in [0.29, 0.717) is 16.0 Å². The summed E-state index contributed by atoms with van der Waals surface area (Å²) < 4.78 is 39.3. The van der Waals surface area contributed by atoms with E-state index in [0.717, 1.165) is 11.1 Å². The minimum Gasteiger partial charge on any atom is -0.497 e. The average molecular weight is 536 g/mol. The second-order valence-corrected chi connectivity index (χ2v) is 10.6. The van der Waals surface area contributed by atoms with Gasteiger partial charge in [0.2, 0.25) is 10.0 Å². The summed E-state index contributed by atoms with van der Waals surface area (Å²) in [5.74, 6) is 0.814. The summed E-state index contributed by atoms with van der Waals surface area (Å²) in [6.07, 6.45) is 2.94. The third kappa shape index (κ3) is 6.73. The molecule has 0 unspecified atom stereocenters. The van der Waals surface area contributed by atoms with Gasteiger partial charge in [0.05, 0.1) is 18.7 Å². The number of hydrogen-bond donors (Lipinski definition) is 1. The lowest BCUT2D eigenvalue weighted by Crippen LogP contribution is -2.41. The molecule has 0 saturated heterocycles. The van der Waals surface area contributed by atoms with Crippen LogP contribution < -0.4 is 9.47 Å². The molecular formula is C23H26BrN3O5S. The number of ether oxygens (including phenoxy) is 2. The molecule has 1 atom stereocenters. The quantitative estimate of drug-likeness (QED) is 0.423. The number of nitrogens with zero attached hydrogens (tertiary/aromatic N) is 3. The van der Waals surface area contributed by atoms with Crippen LogP contribution in [0.5, 0.6) is 11.5 Å². The molecule has 0 fully saturated rings. The normalized spacial score (nSPS) is 13.5. The highest BCUT2D eigenvalue weighted by atomic mass is 79.9. The topological polar surface area (TPSA) is 102 Å². The van der Waals surface area contributed by atoms with Gasteiger partial charge >= 0.3 is 0 Å². The van der Waals surface area contributed by atoms with Crippen LogP contribution in [0.3, 0.4) is 0 Å². The fraction of sp³-hybridized carbons (Fsp3) is 0.304. The van der Waals surface area contributed by atoms with Gasteiger partial charge in [0.1, 0.15) is 22.9 Å². The van der Waals surface area contributed by atoms with Crippen molar-refractivity contribution in [3.05, 3.63) is 82.3 Å². The maximum absolute atomic E-state index is 13.5. The van der Waals surface area contributed by atoms with Crippen LogP contribution in [0.15, 0.2) is 65.4 Å². The summed E-state index contributed by atoms with van der Waals surface area (Å²) >= 11 is 3.24. The Kier molecular flexibility index (Phi) is 8.06. The summed E-state index contributed by atoms with van der Waals surface area (Å²) in [6.45, 7) is 1.64. The Hall–Kier alpha value is -2.53. The molecule has 3 aromatic rings. The van der Waals surface area contributed by atoms with E-state index in [1.807, 2.05) is 24.3 Å². The summed E-state index contributed by atoms with van der Waals surface area (Å²) in [6, 6.07) is 14.4. The molecule has 0 saturated carbocycles. The van der Waals surface area contributed by atoms with Crippen molar-refractivity contribution >= 4 is 26.0 Å². The summed E-state index contributed by atoms with van der Waals surface area (Å²) in [5, 5.41) is 11.0. The molecule has 10 heteroatoms. The standard InChI is InChI=1S/C23H26BrN3O5S/c1-23(28,22-25-12-19(24)13-26-22)16-33(29,30)27(14-17-4-8-20(31-2)9-5-17)15-18-6-10-21(32-3)11-7-18/h4-13,28H,14-16H2,1-3H3/t23-/m0/s1. The minimum absolute atomic E-state index is 0.0307. The predicted molar refractivity (Wildman–Crippen MR) is 128 cm³/mol. The number of methoxy groups -OCH3 is 2. The van der Waals surface area contributed by atoms with E-state index in [1.54, 1.807) is 38.5 Å². The zero-order valence-corrected chi connectivity index (χ0v) is 21.0. The predicted octanol–water partition coefficient (Wildman–Crippen LogP) is 3.50. The third-order valence-corrected chi connectivity index (χ3v) is 7.38. The first-order chi connectivity index (χ1) is 15.6. The second-order valence-electron chi connectivity index (χ2n) is 7.72. The van der Waals surface area contributed by atoms with Gasteiger partial charge in [-0.25, -0.2) is 18.4 Å². The highest BCUT2D eigenvalue weighted by molar-refractivity contribution is 9.10. The SMILES string of the molecule is COc1ccc(CN(Cc2ccc(OC)cc2)S(=O)(=O)C[C@](C)(O)c2ncc(Br)cn2)cc1. The lowest BCUT2D eigenvalue weighted by atomic mass is 10.1. The van der Waals surface area contributed by atoms with Crippen molar-refractivity contribution in [3.8, 4) is 11.5 Å². The highest BCUT2D eigenvalue weighted by Crippen LogP contribution is 2.25. The molecule has 0 aliphatic heterocycles. The van der Waals surface area contributed by atoms with Gasteiger partial charge < -0.3 is 14.6 Å². The Balaban J connectivity index is 1.89. The molecule has 8 nitrogen and oxygen atoms in total. The monoisotopic (exact) mass is 535 g/mol. The van der Waals surface area contributed by atoms with Crippen LogP contribution in [0.2, 0.25) is 0 Å². The van der Waals surface area contributed by atoms with Crippen molar-refractivity contribution in [3.63, 3.8) is 0 Å². The smallest absolute Gasteiger partial charge is 0.218 e. The first-order valence-corrected chi connectivity index (χ1v) is 12.5. The number of aliphatic hydroxyl groups is 1. The van der Waals surface area contributed by atoms with E-state index >= 15 is 0 Å². The molecule has 1 heterocycles. The Morgan fingerprint density at radius 2 is 1.33 bits per heavy atom. The van der Waals surface area contributed by atoms with Crippen LogP contribution >= 0.6 is 15.9 Å². The molecule has 0 amide bonds. The van der Waals surface area contributed by atoms with Crippen LogP contribution in [0.1, 0.15) is 23.9 Å². The van der Waals surface area contributed by atoms with Crippen molar-refractivity contribution in [2.75, 3.05) is 20.0 Å². The molecule has 0 bridgehead atoms. The Labute approximate surface area is 202 Å². The first-order valence-electron chi connectivity index (χ1n) is 10.1. The van der Waals surface area contributed by atoms with Gasteiger partial charge in [-0.2, -0.15) is 4.31 Å². The largest absolute Gasteiger partial charge is 0.497 e. The van der Waals surface area contributed by atoms with Crippen molar-refractivity contribution in [1.82, 2.24) is 14.3 Å². The zero-order valence-electron chi connectivity index (χ0n) is 18.6. The maximum Gasteiger partial charge on any atom is 0.218 e. The van der Waals surface area contributed by atoms with Crippen LogP contribution in [-0.2, 0) is 28.7 Å². The van der Waals surface area contributed by atoms with E-state index in [2.05, 4.69) is 25.9 Å². The summed E-state index contributed by atoms with van der Waals surface area (Å²) in [4.78, 5) is 8.16. The van der Waals surface area contributed by atoms with Gasteiger partial charge in [-0.15, -0.1) is 0 Å². The van der Waals surface area contributed by atoms with Crippen molar-refractivity contribution in [2.45, 2.75) is 25.6 Å². The average Bonchev–Trinajstić information content (AvgIpc) is 2.79. The molecule has 1 N–H and O–H groups in total. The van der Waals surface area contributed by atoms with Crippen molar-refractivity contribution in [2.24, 2.45) is 0 Å². The molecule has 0 aliphatic carbocycles. The number of halogens is 1. The molecule has 2 aromatic carbocycles. The third-order valence-electron chi connectivity index (χ3n) is 4.99. The number of benzene rings is 2. The van der Waals surface area contributed by atoms with Crippen molar-refractivity contribution in [1.29, 1.82) is 0 Å². The Morgan fingerprint density at radius 1 is 0.909 bits per heavy atom. The Morgan fingerprint density at radius 3 is 1.73 bits per heavy atom. The molecule has 0 radical (unpaired) electrons. The van der Waals surface area contributed by atoms with E-state index in [4.69, 9.17) is 9.47 Å². The maximum atomic E-state index is 13.5. The van der Waals surface area contributed by atoms with Gasteiger partial charge in [0.25, 0.3) is 0 Å². The minimum atomic E-state index is -3.94. The summed E-state index contributed by atoms with van der Waals surface area (Å²) in [7, 11) is -0.795. The van der Waals surface area contributed by atoms with E-state index < -0.39 is 21.4 Å². The van der Waals surface area contributed by atoms with Gasteiger partial charge in [0, 0.05) is 25.5 Å². The van der Waals surface area contributed by atoms with Gasteiger partial charge in [0.15, 0.2) is 5.82 Å². The fourth-order valence-electron chi connectivity index (χ4n) is 3.22. The second kappa shape index (κ2) is 10.6. The number of hydrogen-bond acceptors (Lipinski definition) is 7. The molecular weight excluding hydrogens is 510 g/mol. The molecule has 0 spiro atoms. The summed E-state index contributed by atoms with van der Waals surface area (Å²) in [5.41, 5.74) is -0.211. The van der Waals surface area contributed by atoms with Crippen LogP contribution in [0.25, 0.3) is 0 Å². The molecule has 33 heavy (non-hydrogen) atoms. The Bertz CT molecular complexity index is 1100. The lowest BCUT2D eigenvalue weighted by molar-refractivity contribution is 0.0705. The van der Waals surface area contributed by atoms with E-state index in [9.17, 15) is 13.5 Å². The van der Waals surface area contributed by atoms with E-state index in [1.165, 1.54) is 23.6 Å². The molecule has 1 aromatic heterocycles. The first kappa shape index (κ1) is 25.1. The van der Waals surface area contributed by atoms with Gasteiger partial charge in [-0.05, 0) is 58.2 Å². The van der Waals surface area contributed by atoms with Gasteiger partial charge in [-0.3, -0.25) is 0 Å². The number of aromatic nitrogens is 2. The van der Waals surface area contributed by atoms with Gasteiger partial charge in [-0.1, -0.05) is 24.3 Å². The fourth-order valence-corrected chi connectivity index (χ4v) is 5.14. The molecule has 0 aliphatic rings. The van der Waals surface area contributed by atoms with E-state index in [-0.39, 0.29) is 18.9 Å². The van der Waals surface area contributed by atoms with Crippen molar-refractivity contribution < 1.29 is 23.0 Å². The number of sulfonamides is 1. The molecule has 3 rings (SSSR count).